The number of rotatable bonds is 2. The summed E-state index contributed by atoms with van der Waals surface area (Å²) in [6, 6.07) is 5.82. The first-order valence-corrected chi connectivity index (χ1v) is 5.76. The maximum Gasteiger partial charge on any atom is 0.280 e. The molecule has 0 bridgehead atoms. The molecule has 0 aliphatic carbocycles. The van der Waals surface area contributed by atoms with Crippen LogP contribution in [-0.4, -0.2) is 4.92 Å². The third-order valence-corrected chi connectivity index (χ3v) is 3.11. The Balaban J connectivity index is 2.88. The van der Waals surface area contributed by atoms with Crippen LogP contribution in [0.15, 0.2) is 30.3 Å². The fraction of sp³-hybridized carbons (Fsp3) is 0. The second-order valence-corrected chi connectivity index (χ2v) is 4.42. The number of halogens is 4. The minimum atomic E-state index is -1.36. The maximum atomic E-state index is 13.9. The molecule has 0 aliphatic rings. The molecule has 2 rings (SSSR count). The van der Waals surface area contributed by atoms with E-state index in [9.17, 15) is 18.9 Å². The lowest BCUT2D eigenvalue weighted by Crippen LogP contribution is -1.98. The molecule has 7 heteroatoms. The number of benzene rings is 2. The topological polar surface area (TPSA) is 43.1 Å². The smallest absolute Gasteiger partial charge is 0.258 e. The van der Waals surface area contributed by atoms with E-state index in [2.05, 4.69) is 0 Å². The molecule has 0 saturated heterocycles. The van der Waals surface area contributed by atoms with E-state index in [4.69, 9.17) is 23.2 Å². The van der Waals surface area contributed by atoms with Gasteiger partial charge in [0.05, 0.1) is 15.0 Å². The van der Waals surface area contributed by atoms with Gasteiger partial charge in [-0.2, -0.15) is 0 Å². The highest BCUT2D eigenvalue weighted by molar-refractivity contribution is 6.39. The van der Waals surface area contributed by atoms with E-state index in [-0.39, 0.29) is 15.6 Å². The van der Waals surface area contributed by atoms with Crippen molar-refractivity contribution in [3.05, 3.63) is 62.1 Å². The standard InChI is InChI=1S/C12H5Cl2F2NO2/c13-6-2-1-3-7(14)10(6)11-9(17(18)19)5-4-8(15)12(11)16/h1-5H. The van der Waals surface area contributed by atoms with Crippen molar-refractivity contribution in [3.8, 4) is 11.1 Å². The largest absolute Gasteiger partial charge is 0.280 e. The second-order valence-electron chi connectivity index (χ2n) is 3.61. The minimum Gasteiger partial charge on any atom is -0.258 e. The lowest BCUT2D eigenvalue weighted by Gasteiger charge is -2.09. The average Bonchev–Trinajstić information content (AvgIpc) is 2.33. The van der Waals surface area contributed by atoms with Crippen LogP contribution in [0.4, 0.5) is 14.5 Å². The molecular formula is C12H5Cl2F2NO2. The van der Waals surface area contributed by atoms with Crippen molar-refractivity contribution in [1.29, 1.82) is 0 Å². The molecule has 19 heavy (non-hydrogen) atoms. The van der Waals surface area contributed by atoms with E-state index in [1.165, 1.54) is 18.2 Å². The summed E-state index contributed by atoms with van der Waals surface area (Å²) in [6.45, 7) is 0. The van der Waals surface area contributed by atoms with Gasteiger partial charge in [0.15, 0.2) is 11.6 Å². The fourth-order valence-electron chi connectivity index (χ4n) is 1.67. The monoisotopic (exact) mass is 303 g/mol. The van der Waals surface area contributed by atoms with Crippen molar-refractivity contribution < 1.29 is 13.7 Å². The molecule has 2 aromatic carbocycles. The van der Waals surface area contributed by atoms with Gasteiger partial charge in [0, 0.05) is 11.6 Å². The lowest BCUT2D eigenvalue weighted by atomic mass is 10.0. The maximum absolute atomic E-state index is 13.9. The van der Waals surface area contributed by atoms with Crippen molar-refractivity contribution >= 4 is 28.9 Å². The summed E-state index contributed by atoms with van der Waals surface area (Å²) in [5.41, 5.74) is -1.26. The van der Waals surface area contributed by atoms with Crippen molar-refractivity contribution in [2.45, 2.75) is 0 Å². The van der Waals surface area contributed by atoms with E-state index < -0.39 is 27.8 Å². The molecule has 2 aromatic rings. The summed E-state index contributed by atoms with van der Waals surface area (Å²) >= 11 is 11.7. The van der Waals surface area contributed by atoms with Crippen molar-refractivity contribution in [2.75, 3.05) is 0 Å². The molecule has 0 unspecified atom stereocenters. The molecule has 0 radical (unpaired) electrons. The predicted molar refractivity (Wildman–Crippen MR) is 68.5 cm³/mol. The number of nitrogens with zero attached hydrogens (tertiary/aromatic N) is 1. The Morgan fingerprint density at radius 3 is 2.11 bits per heavy atom. The van der Waals surface area contributed by atoms with E-state index in [1.54, 1.807) is 0 Å². The van der Waals surface area contributed by atoms with Gasteiger partial charge in [-0.25, -0.2) is 8.78 Å². The van der Waals surface area contributed by atoms with Gasteiger partial charge in [0.25, 0.3) is 5.69 Å². The first-order chi connectivity index (χ1) is 8.93. The van der Waals surface area contributed by atoms with Crippen molar-refractivity contribution in [1.82, 2.24) is 0 Å². The van der Waals surface area contributed by atoms with Crippen LogP contribution in [-0.2, 0) is 0 Å². The summed E-state index contributed by atoms with van der Waals surface area (Å²) in [4.78, 5) is 10.1. The Hall–Kier alpha value is -1.72. The van der Waals surface area contributed by atoms with Gasteiger partial charge in [-0.05, 0) is 18.2 Å². The van der Waals surface area contributed by atoms with Gasteiger partial charge in [0.2, 0.25) is 0 Å². The van der Waals surface area contributed by atoms with Gasteiger partial charge in [-0.15, -0.1) is 0 Å². The van der Waals surface area contributed by atoms with E-state index in [0.29, 0.717) is 6.07 Å². The number of nitro benzene ring substituents is 1. The number of nitro groups is 1. The summed E-state index contributed by atoms with van der Waals surface area (Å²) in [5, 5.41) is 10.9. The van der Waals surface area contributed by atoms with Gasteiger partial charge < -0.3 is 0 Å². The van der Waals surface area contributed by atoms with E-state index in [1.807, 2.05) is 0 Å². The van der Waals surface area contributed by atoms with Crippen LogP contribution in [0, 0.1) is 21.7 Å². The zero-order valence-electron chi connectivity index (χ0n) is 9.16. The van der Waals surface area contributed by atoms with Crippen LogP contribution in [0.2, 0.25) is 10.0 Å². The Kier molecular flexibility index (Phi) is 3.68. The molecule has 0 N–H and O–H groups in total. The molecule has 0 aromatic heterocycles. The fourth-order valence-corrected chi connectivity index (χ4v) is 2.25. The van der Waals surface area contributed by atoms with Gasteiger partial charge in [0.1, 0.15) is 5.56 Å². The Morgan fingerprint density at radius 1 is 1.00 bits per heavy atom. The Labute approximate surface area is 116 Å². The van der Waals surface area contributed by atoms with Crippen LogP contribution >= 0.6 is 23.2 Å². The summed E-state index contributed by atoms with van der Waals surface area (Å²) in [6.07, 6.45) is 0. The zero-order chi connectivity index (χ0) is 14.2. The van der Waals surface area contributed by atoms with Crippen LogP contribution < -0.4 is 0 Å². The minimum absolute atomic E-state index is 0.0000926. The molecule has 0 atom stereocenters. The molecule has 0 heterocycles. The Bertz CT molecular complexity index is 657. The highest BCUT2D eigenvalue weighted by atomic mass is 35.5. The van der Waals surface area contributed by atoms with Crippen LogP contribution in [0.1, 0.15) is 0 Å². The lowest BCUT2D eigenvalue weighted by molar-refractivity contribution is -0.384. The first kappa shape index (κ1) is 13.7. The summed E-state index contributed by atoms with van der Waals surface area (Å²) in [7, 11) is 0. The van der Waals surface area contributed by atoms with Crippen molar-refractivity contribution in [2.24, 2.45) is 0 Å². The van der Waals surface area contributed by atoms with Gasteiger partial charge in [-0.1, -0.05) is 29.3 Å². The molecule has 3 nitrogen and oxygen atoms in total. The summed E-state index contributed by atoms with van der Waals surface area (Å²) < 4.78 is 27.2. The van der Waals surface area contributed by atoms with Crippen molar-refractivity contribution in [3.63, 3.8) is 0 Å². The van der Waals surface area contributed by atoms with Gasteiger partial charge >= 0.3 is 0 Å². The molecular weight excluding hydrogens is 299 g/mol. The molecule has 0 saturated carbocycles. The third-order valence-electron chi connectivity index (χ3n) is 2.48. The average molecular weight is 304 g/mol. The molecule has 0 spiro atoms. The molecule has 98 valence electrons. The molecule has 0 amide bonds. The predicted octanol–water partition coefficient (Wildman–Crippen LogP) is 4.85. The third kappa shape index (κ3) is 2.39. The Morgan fingerprint density at radius 2 is 1.58 bits per heavy atom. The van der Waals surface area contributed by atoms with Crippen LogP contribution in [0.5, 0.6) is 0 Å². The van der Waals surface area contributed by atoms with Crippen LogP contribution in [0.3, 0.4) is 0 Å². The quantitative estimate of drug-likeness (QED) is 0.588. The highest BCUT2D eigenvalue weighted by Gasteiger charge is 2.26. The SMILES string of the molecule is O=[N+]([O-])c1ccc(F)c(F)c1-c1c(Cl)cccc1Cl. The van der Waals surface area contributed by atoms with Crippen LogP contribution in [0.25, 0.3) is 11.1 Å². The van der Waals surface area contributed by atoms with Gasteiger partial charge in [-0.3, -0.25) is 10.1 Å². The first-order valence-electron chi connectivity index (χ1n) is 5.00. The van der Waals surface area contributed by atoms with E-state index >= 15 is 0 Å². The number of hydrogen-bond donors (Lipinski definition) is 0. The second kappa shape index (κ2) is 5.11. The zero-order valence-corrected chi connectivity index (χ0v) is 10.7. The highest BCUT2D eigenvalue weighted by Crippen LogP contribution is 2.41. The normalized spacial score (nSPS) is 10.5. The summed E-state index contributed by atoms with van der Waals surface area (Å²) in [5.74, 6) is -2.57. The number of hydrogen-bond acceptors (Lipinski definition) is 2. The van der Waals surface area contributed by atoms with E-state index in [0.717, 1.165) is 6.07 Å². The molecule has 0 fully saturated rings. The molecule has 0 aliphatic heterocycles.